The average Bonchev–Trinajstić information content (AvgIpc) is 2.34. The normalized spacial score (nSPS) is 11.2. The molecule has 1 aliphatic rings. The number of fused-ring (bicyclic) bond motifs is 4. The van der Waals surface area contributed by atoms with E-state index in [-0.39, 0.29) is 0 Å². The third-order valence-electron chi connectivity index (χ3n) is 3.07. The molecule has 0 aliphatic heterocycles. The summed E-state index contributed by atoms with van der Waals surface area (Å²) in [6.07, 6.45) is 0. The molecular weight excluding hydrogens is 271 g/mol. The zero-order chi connectivity index (χ0) is 12.9. The van der Waals surface area contributed by atoms with E-state index in [2.05, 4.69) is 0 Å². The van der Waals surface area contributed by atoms with Gasteiger partial charge >= 0.3 is 0 Å². The SMILES string of the molecule is O=C(Cl)c1ccc2c(c1)-c1ccc(C(=O)Cl)cc1-2. The van der Waals surface area contributed by atoms with Crippen LogP contribution in [0.1, 0.15) is 20.7 Å². The number of benzene rings is 2. The Labute approximate surface area is 113 Å². The van der Waals surface area contributed by atoms with Crippen molar-refractivity contribution < 1.29 is 9.59 Å². The monoisotopic (exact) mass is 276 g/mol. The van der Waals surface area contributed by atoms with Crippen LogP contribution in [-0.2, 0) is 0 Å². The lowest BCUT2D eigenvalue weighted by atomic mass is 9.79. The zero-order valence-electron chi connectivity index (χ0n) is 9.04. The summed E-state index contributed by atoms with van der Waals surface area (Å²) in [5.41, 5.74) is 4.91. The van der Waals surface area contributed by atoms with Gasteiger partial charge in [-0.25, -0.2) is 0 Å². The lowest BCUT2D eigenvalue weighted by Crippen LogP contribution is -2.03. The van der Waals surface area contributed by atoms with Gasteiger partial charge in [0.2, 0.25) is 0 Å². The molecule has 0 amide bonds. The van der Waals surface area contributed by atoms with Gasteiger partial charge in [0.1, 0.15) is 0 Å². The first-order valence-corrected chi connectivity index (χ1v) is 6.02. The molecule has 2 nitrogen and oxygen atoms in total. The maximum Gasteiger partial charge on any atom is 0.252 e. The molecule has 0 atom stereocenters. The molecule has 0 saturated heterocycles. The Morgan fingerprint density at radius 1 is 0.667 bits per heavy atom. The lowest BCUT2D eigenvalue weighted by Gasteiger charge is -2.24. The van der Waals surface area contributed by atoms with Gasteiger partial charge in [-0.05, 0) is 69.7 Å². The molecular formula is C14H6Cl2O2. The van der Waals surface area contributed by atoms with E-state index in [1.807, 2.05) is 12.1 Å². The van der Waals surface area contributed by atoms with E-state index in [1.165, 1.54) is 0 Å². The molecule has 2 aromatic carbocycles. The highest BCUT2D eigenvalue weighted by Gasteiger charge is 2.24. The Kier molecular flexibility index (Phi) is 2.51. The number of carbonyl (C=O) groups is 2. The molecule has 0 heterocycles. The molecule has 3 rings (SSSR count). The molecule has 0 aromatic heterocycles. The summed E-state index contributed by atoms with van der Waals surface area (Å²) in [5, 5.41) is -0.947. The standard InChI is InChI=1S/C14H6Cl2O2/c15-13(17)7-1-3-9-11(5-7)10-4-2-8(14(16)18)6-12(9)10/h1-6H. The van der Waals surface area contributed by atoms with Crippen LogP contribution in [-0.4, -0.2) is 10.5 Å². The van der Waals surface area contributed by atoms with Crippen LogP contribution in [0, 0.1) is 0 Å². The fourth-order valence-corrected chi connectivity index (χ4v) is 2.42. The van der Waals surface area contributed by atoms with Crippen molar-refractivity contribution in [2.24, 2.45) is 0 Å². The summed E-state index contributed by atoms with van der Waals surface area (Å²) in [6, 6.07) is 10.5. The summed E-state index contributed by atoms with van der Waals surface area (Å²) in [7, 11) is 0. The Bertz CT molecular complexity index is 629. The fourth-order valence-electron chi connectivity index (χ4n) is 2.19. The Morgan fingerprint density at radius 3 is 1.39 bits per heavy atom. The van der Waals surface area contributed by atoms with Gasteiger partial charge in [0.25, 0.3) is 10.5 Å². The first-order chi connectivity index (χ1) is 8.58. The van der Waals surface area contributed by atoms with Crippen molar-refractivity contribution >= 4 is 33.7 Å². The van der Waals surface area contributed by atoms with Gasteiger partial charge < -0.3 is 0 Å². The van der Waals surface area contributed by atoms with Crippen LogP contribution in [0.15, 0.2) is 36.4 Å². The highest BCUT2D eigenvalue weighted by molar-refractivity contribution is 6.68. The van der Waals surface area contributed by atoms with Crippen LogP contribution >= 0.6 is 23.2 Å². The first kappa shape index (κ1) is 11.5. The number of rotatable bonds is 2. The molecule has 88 valence electrons. The average molecular weight is 277 g/mol. The topological polar surface area (TPSA) is 34.1 Å². The van der Waals surface area contributed by atoms with Gasteiger partial charge in [-0.2, -0.15) is 0 Å². The Morgan fingerprint density at radius 2 is 1.06 bits per heavy atom. The van der Waals surface area contributed by atoms with Crippen molar-refractivity contribution in [3.05, 3.63) is 47.5 Å². The molecule has 0 N–H and O–H groups in total. The van der Waals surface area contributed by atoms with Gasteiger partial charge in [-0.15, -0.1) is 0 Å². The molecule has 0 bridgehead atoms. The van der Waals surface area contributed by atoms with Crippen LogP contribution in [0.3, 0.4) is 0 Å². The minimum absolute atomic E-state index is 0.471. The van der Waals surface area contributed by atoms with E-state index in [0.29, 0.717) is 11.1 Å². The van der Waals surface area contributed by atoms with E-state index < -0.39 is 10.5 Å². The van der Waals surface area contributed by atoms with Gasteiger partial charge in [0, 0.05) is 11.1 Å². The van der Waals surface area contributed by atoms with E-state index in [9.17, 15) is 9.59 Å². The van der Waals surface area contributed by atoms with Crippen LogP contribution in [0.4, 0.5) is 0 Å². The molecule has 18 heavy (non-hydrogen) atoms. The third-order valence-corrected chi connectivity index (χ3v) is 3.51. The summed E-state index contributed by atoms with van der Waals surface area (Å²) in [4.78, 5) is 22.2. The van der Waals surface area contributed by atoms with Crippen molar-refractivity contribution in [1.29, 1.82) is 0 Å². The van der Waals surface area contributed by atoms with E-state index >= 15 is 0 Å². The number of hydrogen-bond donors (Lipinski definition) is 0. The molecule has 0 spiro atoms. The number of hydrogen-bond acceptors (Lipinski definition) is 2. The summed E-state index contributed by atoms with van der Waals surface area (Å²) >= 11 is 10.9. The molecule has 0 saturated carbocycles. The number of halogens is 2. The smallest absolute Gasteiger partial charge is 0.252 e. The van der Waals surface area contributed by atoms with Crippen LogP contribution in [0.2, 0.25) is 0 Å². The largest absolute Gasteiger partial charge is 0.276 e. The minimum atomic E-state index is -0.473. The fraction of sp³-hybridized carbons (Fsp3) is 0. The molecule has 2 aromatic rings. The highest BCUT2D eigenvalue weighted by atomic mass is 35.5. The maximum atomic E-state index is 11.1. The maximum absolute atomic E-state index is 11.1. The van der Waals surface area contributed by atoms with E-state index in [4.69, 9.17) is 23.2 Å². The van der Waals surface area contributed by atoms with Crippen molar-refractivity contribution in [3.8, 4) is 22.3 Å². The molecule has 0 radical (unpaired) electrons. The third kappa shape index (κ3) is 1.57. The Balaban J connectivity index is 2.11. The van der Waals surface area contributed by atoms with E-state index in [1.54, 1.807) is 24.3 Å². The molecule has 0 unspecified atom stereocenters. The highest BCUT2D eigenvalue weighted by Crippen LogP contribution is 2.47. The van der Waals surface area contributed by atoms with Crippen LogP contribution in [0.5, 0.6) is 0 Å². The van der Waals surface area contributed by atoms with Crippen LogP contribution < -0.4 is 0 Å². The zero-order valence-corrected chi connectivity index (χ0v) is 10.5. The first-order valence-electron chi connectivity index (χ1n) is 5.26. The minimum Gasteiger partial charge on any atom is -0.276 e. The van der Waals surface area contributed by atoms with Gasteiger partial charge in [0.15, 0.2) is 0 Å². The van der Waals surface area contributed by atoms with Crippen molar-refractivity contribution in [3.63, 3.8) is 0 Å². The van der Waals surface area contributed by atoms with Gasteiger partial charge in [0.05, 0.1) is 0 Å². The number of carbonyl (C=O) groups excluding carboxylic acids is 2. The van der Waals surface area contributed by atoms with Gasteiger partial charge in [-0.1, -0.05) is 12.1 Å². The predicted octanol–water partition coefficient (Wildman–Crippen LogP) is 4.09. The molecule has 1 aliphatic carbocycles. The van der Waals surface area contributed by atoms with E-state index in [0.717, 1.165) is 22.3 Å². The van der Waals surface area contributed by atoms with Gasteiger partial charge in [-0.3, -0.25) is 9.59 Å². The summed E-state index contributed by atoms with van der Waals surface area (Å²) in [5.74, 6) is 0. The second-order valence-electron chi connectivity index (χ2n) is 4.07. The van der Waals surface area contributed by atoms with Crippen molar-refractivity contribution in [2.45, 2.75) is 0 Å². The Hall–Kier alpha value is -1.64. The quantitative estimate of drug-likeness (QED) is 0.661. The summed E-state index contributed by atoms with van der Waals surface area (Å²) < 4.78 is 0. The molecule has 0 fully saturated rings. The second-order valence-corrected chi connectivity index (χ2v) is 4.75. The summed E-state index contributed by atoms with van der Waals surface area (Å²) in [6.45, 7) is 0. The van der Waals surface area contributed by atoms with Crippen molar-refractivity contribution in [2.75, 3.05) is 0 Å². The van der Waals surface area contributed by atoms with Crippen LogP contribution in [0.25, 0.3) is 22.3 Å². The molecule has 4 heteroatoms. The predicted molar refractivity (Wildman–Crippen MR) is 71.2 cm³/mol. The van der Waals surface area contributed by atoms with Crippen molar-refractivity contribution in [1.82, 2.24) is 0 Å². The lowest BCUT2D eigenvalue weighted by molar-refractivity contribution is 0.107. The second kappa shape index (κ2) is 3.94.